The zero-order valence-corrected chi connectivity index (χ0v) is 11.1. The van der Waals surface area contributed by atoms with Crippen molar-refractivity contribution in [3.63, 3.8) is 0 Å². The molecule has 0 aliphatic rings. The molecule has 0 aromatic carbocycles. The molecule has 1 heterocycles. The molecule has 2 nitrogen and oxygen atoms in total. The van der Waals surface area contributed by atoms with Crippen LogP contribution in [0.25, 0.3) is 0 Å². The second kappa shape index (κ2) is 6.87. The van der Waals surface area contributed by atoms with E-state index < -0.39 is 0 Å². The first-order valence-electron chi connectivity index (χ1n) is 6.07. The maximum Gasteiger partial charge on any atom is 0.0589 e. The molecule has 0 fully saturated rings. The molecule has 0 spiro atoms. The molecule has 0 radical (unpaired) electrons. The van der Waals surface area contributed by atoms with E-state index in [0.717, 1.165) is 12.2 Å². The average molecular weight is 241 g/mol. The van der Waals surface area contributed by atoms with E-state index >= 15 is 0 Å². The summed E-state index contributed by atoms with van der Waals surface area (Å²) in [6.07, 6.45) is 4.06. The van der Waals surface area contributed by atoms with Gasteiger partial charge in [-0.05, 0) is 24.6 Å². The van der Waals surface area contributed by atoms with Gasteiger partial charge in [0, 0.05) is 6.20 Å². The second-order valence-electron chi connectivity index (χ2n) is 4.01. The van der Waals surface area contributed by atoms with Gasteiger partial charge in [0.25, 0.3) is 0 Å². The van der Waals surface area contributed by atoms with Crippen LogP contribution in [0.3, 0.4) is 0 Å². The zero-order chi connectivity index (χ0) is 12.0. The first-order chi connectivity index (χ1) is 7.72. The molecule has 0 aliphatic carbocycles. The van der Waals surface area contributed by atoms with Crippen LogP contribution in [-0.2, 0) is 0 Å². The van der Waals surface area contributed by atoms with Crippen LogP contribution in [0, 0.1) is 5.92 Å². The van der Waals surface area contributed by atoms with E-state index in [0.29, 0.717) is 17.0 Å². The Morgan fingerprint density at radius 3 is 2.38 bits per heavy atom. The fraction of sp³-hybridized carbons (Fsp3) is 0.615. The van der Waals surface area contributed by atoms with E-state index in [2.05, 4.69) is 31.1 Å². The molecule has 16 heavy (non-hydrogen) atoms. The lowest BCUT2D eigenvalue weighted by molar-refractivity contribution is 0.340. The summed E-state index contributed by atoms with van der Waals surface area (Å²) < 4.78 is 0. The second-order valence-corrected chi connectivity index (χ2v) is 4.45. The lowest BCUT2D eigenvalue weighted by Crippen LogP contribution is -2.28. The summed E-state index contributed by atoms with van der Waals surface area (Å²) in [4.78, 5) is 4.42. The molecule has 1 aromatic rings. The van der Waals surface area contributed by atoms with Crippen LogP contribution < -0.4 is 5.32 Å². The van der Waals surface area contributed by atoms with Crippen LogP contribution in [0.2, 0.25) is 5.02 Å². The summed E-state index contributed by atoms with van der Waals surface area (Å²) in [5.41, 5.74) is 1.10. The predicted molar refractivity (Wildman–Crippen MR) is 69.7 cm³/mol. The summed E-state index contributed by atoms with van der Waals surface area (Å²) in [6.45, 7) is 7.56. The highest BCUT2D eigenvalue weighted by Gasteiger charge is 2.20. The van der Waals surface area contributed by atoms with E-state index in [9.17, 15) is 0 Å². The molecule has 90 valence electrons. The minimum absolute atomic E-state index is 0.345. The van der Waals surface area contributed by atoms with Crippen molar-refractivity contribution >= 4 is 11.6 Å². The maximum atomic E-state index is 5.86. The fourth-order valence-corrected chi connectivity index (χ4v) is 2.18. The van der Waals surface area contributed by atoms with Crippen molar-refractivity contribution < 1.29 is 0 Å². The number of hydrogen-bond donors (Lipinski definition) is 1. The minimum atomic E-state index is 0.345. The van der Waals surface area contributed by atoms with Crippen molar-refractivity contribution in [2.24, 2.45) is 5.92 Å². The number of hydrogen-bond acceptors (Lipinski definition) is 2. The SMILES string of the molecule is CCNC(c1ccc(Cl)cn1)C(CC)CC. The Hall–Kier alpha value is -0.600. The molecule has 3 heteroatoms. The highest BCUT2D eigenvalue weighted by Crippen LogP contribution is 2.26. The van der Waals surface area contributed by atoms with Gasteiger partial charge in [-0.25, -0.2) is 0 Å². The van der Waals surface area contributed by atoms with Crippen LogP contribution >= 0.6 is 11.6 Å². The fourth-order valence-electron chi connectivity index (χ4n) is 2.06. The standard InChI is InChI=1S/C13H21ClN2/c1-4-10(5-2)13(15-6-3)12-8-7-11(14)9-16-12/h7-10,13,15H,4-6H2,1-3H3. The van der Waals surface area contributed by atoms with Crippen LogP contribution in [0.5, 0.6) is 0 Å². The van der Waals surface area contributed by atoms with E-state index in [4.69, 9.17) is 11.6 Å². The summed E-state index contributed by atoms with van der Waals surface area (Å²) in [5, 5.41) is 4.21. The van der Waals surface area contributed by atoms with Crippen molar-refractivity contribution in [2.75, 3.05) is 6.54 Å². The Bertz CT molecular complexity index is 293. The van der Waals surface area contributed by atoms with Gasteiger partial charge in [-0.1, -0.05) is 45.2 Å². The molecular weight excluding hydrogens is 220 g/mol. The number of pyridine rings is 1. The Labute approximate surface area is 103 Å². The van der Waals surface area contributed by atoms with Crippen molar-refractivity contribution in [1.82, 2.24) is 10.3 Å². The van der Waals surface area contributed by atoms with Gasteiger partial charge in [0.15, 0.2) is 0 Å². The van der Waals surface area contributed by atoms with Crippen molar-refractivity contribution in [1.29, 1.82) is 0 Å². The molecule has 1 atom stereocenters. The molecule has 1 N–H and O–H groups in total. The topological polar surface area (TPSA) is 24.9 Å². The van der Waals surface area contributed by atoms with Crippen molar-refractivity contribution in [3.05, 3.63) is 29.0 Å². The van der Waals surface area contributed by atoms with Gasteiger partial charge in [0.05, 0.1) is 16.8 Å². The normalized spacial score (nSPS) is 13.1. The van der Waals surface area contributed by atoms with Gasteiger partial charge in [0.1, 0.15) is 0 Å². The molecule has 0 saturated carbocycles. The van der Waals surface area contributed by atoms with Gasteiger partial charge in [-0.2, -0.15) is 0 Å². The summed E-state index contributed by atoms with van der Waals surface area (Å²) in [6, 6.07) is 4.28. The number of halogens is 1. The van der Waals surface area contributed by atoms with Crippen molar-refractivity contribution in [3.8, 4) is 0 Å². The largest absolute Gasteiger partial charge is 0.309 e. The molecular formula is C13H21ClN2. The van der Waals surface area contributed by atoms with Crippen LogP contribution in [0.4, 0.5) is 0 Å². The van der Waals surface area contributed by atoms with Crippen LogP contribution in [0.1, 0.15) is 45.3 Å². The number of aromatic nitrogens is 1. The molecule has 1 aromatic heterocycles. The summed E-state index contributed by atoms with van der Waals surface area (Å²) in [5.74, 6) is 0.633. The molecule has 0 amide bonds. The van der Waals surface area contributed by atoms with Crippen molar-refractivity contribution in [2.45, 2.75) is 39.7 Å². The Balaban J connectivity index is 2.87. The Morgan fingerprint density at radius 1 is 1.25 bits per heavy atom. The van der Waals surface area contributed by atoms with Gasteiger partial charge >= 0.3 is 0 Å². The van der Waals surface area contributed by atoms with Gasteiger partial charge in [-0.15, -0.1) is 0 Å². The molecule has 1 rings (SSSR count). The van der Waals surface area contributed by atoms with E-state index in [1.807, 2.05) is 12.1 Å². The lowest BCUT2D eigenvalue weighted by Gasteiger charge is -2.25. The predicted octanol–water partition coefficient (Wildman–Crippen LogP) is 3.82. The smallest absolute Gasteiger partial charge is 0.0589 e. The van der Waals surface area contributed by atoms with E-state index in [-0.39, 0.29) is 0 Å². The highest BCUT2D eigenvalue weighted by molar-refractivity contribution is 6.30. The third kappa shape index (κ3) is 3.46. The number of rotatable bonds is 6. The summed E-state index contributed by atoms with van der Waals surface area (Å²) in [7, 11) is 0. The van der Waals surface area contributed by atoms with Crippen LogP contribution in [0.15, 0.2) is 18.3 Å². The van der Waals surface area contributed by atoms with Gasteiger partial charge in [0.2, 0.25) is 0 Å². The van der Waals surface area contributed by atoms with E-state index in [1.165, 1.54) is 12.8 Å². The molecule has 1 unspecified atom stereocenters. The minimum Gasteiger partial charge on any atom is -0.309 e. The molecule has 0 aliphatic heterocycles. The number of nitrogens with zero attached hydrogens (tertiary/aromatic N) is 1. The molecule has 0 saturated heterocycles. The molecule has 0 bridgehead atoms. The van der Waals surface area contributed by atoms with Gasteiger partial charge < -0.3 is 5.32 Å². The third-order valence-corrected chi connectivity index (χ3v) is 3.24. The summed E-state index contributed by atoms with van der Waals surface area (Å²) >= 11 is 5.86. The van der Waals surface area contributed by atoms with Crippen LogP contribution in [-0.4, -0.2) is 11.5 Å². The average Bonchev–Trinajstić information content (AvgIpc) is 2.31. The third-order valence-electron chi connectivity index (χ3n) is 3.01. The Kier molecular flexibility index (Phi) is 5.78. The maximum absolute atomic E-state index is 5.86. The first kappa shape index (κ1) is 13.5. The van der Waals surface area contributed by atoms with Gasteiger partial charge in [-0.3, -0.25) is 4.98 Å². The quantitative estimate of drug-likeness (QED) is 0.818. The van der Waals surface area contributed by atoms with E-state index in [1.54, 1.807) is 6.20 Å². The monoisotopic (exact) mass is 240 g/mol. The highest BCUT2D eigenvalue weighted by atomic mass is 35.5. The number of nitrogens with one attached hydrogen (secondary N) is 1. The Morgan fingerprint density at radius 2 is 1.94 bits per heavy atom. The zero-order valence-electron chi connectivity index (χ0n) is 10.3. The first-order valence-corrected chi connectivity index (χ1v) is 6.45. The lowest BCUT2D eigenvalue weighted by atomic mass is 9.91.